The maximum Gasteiger partial charge on any atom is 0.151 e. The molecule has 2 unspecified atom stereocenters. The third-order valence-corrected chi connectivity index (χ3v) is 6.33. The van der Waals surface area contributed by atoms with Crippen molar-refractivity contribution >= 4 is 40.9 Å². The number of halogens is 1. The summed E-state index contributed by atoms with van der Waals surface area (Å²) in [6, 6.07) is 7.60. The summed E-state index contributed by atoms with van der Waals surface area (Å²) >= 11 is 9.77. The maximum atomic E-state index is 12.2. The van der Waals surface area contributed by atoms with E-state index >= 15 is 0 Å². The Labute approximate surface area is 116 Å². The largest absolute Gasteiger partial charge is 0.298 e. The fourth-order valence-electron chi connectivity index (χ4n) is 1.92. The highest BCUT2D eigenvalue weighted by Crippen LogP contribution is 2.32. The lowest BCUT2D eigenvalue weighted by molar-refractivity contribution is -0.117. The quantitative estimate of drug-likeness (QED) is 0.844. The number of thioether (sulfide) groups is 2. The Morgan fingerprint density at radius 1 is 1.35 bits per heavy atom. The van der Waals surface area contributed by atoms with Gasteiger partial charge in [-0.15, -0.1) is 11.8 Å². The summed E-state index contributed by atoms with van der Waals surface area (Å²) in [7, 11) is 0. The molecule has 0 N–H and O–H groups in total. The van der Waals surface area contributed by atoms with Gasteiger partial charge in [0, 0.05) is 28.2 Å². The van der Waals surface area contributed by atoms with Crippen LogP contribution in [-0.2, 0) is 11.2 Å². The summed E-state index contributed by atoms with van der Waals surface area (Å²) in [6.45, 7) is 2.14. The van der Waals surface area contributed by atoms with Crippen molar-refractivity contribution in [1.82, 2.24) is 0 Å². The summed E-state index contributed by atoms with van der Waals surface area (Å²) in [6.07, 6.45) is 0.461. The Morgan fingerprint density at radius 3 is 2.76 bits per heavy atom. The smallest absolute Gasteiger partial charge is 0.151 e. The van der Waals surface area contributed by atoms with Gasteiger partial charge in [-0.25, -0.2) is 0 Å². The molecular weight excluding hydrogens is 272 g/mol. The van der Waals surface area contributed by atoms with E-state index in [1.807, 2.05) is 36.0 Å². The number of rotatable bonds is 3. The van der Waals surface area contributed by atoms with Gasteiger partial charge in [-0.05, 0) is 11.6 Å². The summed E-state index contributed by atoms with van der Waals surface area (Å²) in [5, 5.41) is 1.25. The molecule has 1 fully saturated rings. The number of ketones is 1. The molecule has 0 radical (unpaired) electrons. The average molecular weight is 287 g/mol. The van der Waals surface area contributed by atoms with Gasteiger partial charge < -0.3 is 0 Å². The van der Waals surface area contributed by atoms with Crippen LogP contribution in [0.1, 0.15) is 12.5 Å². The molecule has 1 aliphatic heterocycles. The van der Waals surface area contributed by atoms with E-state index < -0.39 is 0 Å². The van der Waals surface area contributed by atoms with Crippen LogP contribution in [0, 0.1) is 0 Å². The van der Waals surface area contributed by atoms with Gasteiger partial charge in [0.15, 0.2) is 5.78 Å². The molecule has 0 aromatic heterocycles. The van der Waals surface area contributed by atoms with Crippen molar-refractivity contribution in [1.29, 1.82) is 0 Å². The van der Waals surface area contributed by atoms with E-state index in [2.05, 4.69) is 6.92 Å². The van der Waals surface area contributed by atoms with Crippen molar-refractivity contribution in [3.05, 3.63) is 34.9 Å². The average Bonchev–Trinajstić information content (AvgIpc) is 2.32. The molecule has 1 aliphatic rings. The van der Waals surface area contributed by atoms with Crippen molar-refractivity contribution < 1.29 is 4.79 Å². The highest BCUT2D eigenvalue weighted by atomic mass is 35.5. The summed E-state index contributed by atoms with van der Waals surface area (Å²) < 4.78 is 0. The first kappa shape index (κ1) is 13.3. The minimum atomic E-state index is 0.130. The molecule has 1 nitrogen and oxygen atoms in total. The molecular formula is C13H15ClOS2. The molecule has 1 saturated heterocycles. The number of benzene rings is 1. The van der Waals surface area contributed by atoms with E-state index in [0.717, 1.165) is 17.1 Å². The van der Waals surface area contributed by atoms with Crippen LogP contribution in [0.4, 0.5) is 0 Å². The van der Waals surface area contributed by atoms with Crippen LogP contribution < -0.4 is 0 Å². The number of carbonyl (C=O) groups excluding carboxylic acids is 1. The molecule has 2 rings (SSSR count). The van der Waals surface area contributed by atoms with Crippen LogP contribution in [0.5, 0.6) is 0 Å². The summed E-state index contributed by atoms with van der Waals surface area (Å²) in [5.41, 5.74) is 0.947. The van der Waals surface area contributed by atoms with Crippen molar-refractivity contribution in [3.8, 4) is 0 Å². The van der Waals surface area contributed by atoms with Crippen LogP contribution >= 0.6 is 35.1 Å². The normalized spacial score (nSPS) is 24.6. The molecule has 1 aromatic carbocycles. The number of carbonyl (C=O) groups is 1. The third-order valence-electron chi connectivity index (χ3n) is 2.83. The third kappa shape index (κ3) is 3.43. The Morgan fingerprint density at radius 2 is 2.06 bits per heavy atom. The summed E-state index contributed by atoms with van der Waals surface area (Å²) in [5.74, 6) is 2.54. The molecule has 0 bridgehead atoms. The van der Waals surface area contributed by atoms with Crippen LogP contribution in [0.15, 0.2) is 24.3 Å². The zero-order chi connectivity index (χ0) is 12.3. The molecule has 2 atom stereocenters. The second-order valence-electron chi connectivity index (χ2n) is 4.10. The second-order valence-corrected chi connectivity index (χ2v) is 7.24. The first-order valence-electron chi connectivity index (χ1n) is 5.68. The van der Waals surface area contributed by atoms with Gasteiger partial charge in [0.1, 0.15) is 0 Å². The van der Waals surface area contributed by atoms with Crippen molar-refractivity contribution in [2.45, 2.75) is 23.8 Å². The summed E-state index contributed by atoms with van der Waals surface area (Å²) in [4.78, 5) is 12.2. The first-order valence-corrected chi connectivity index (χ1v) is 8.15. The van der Waals surface area contributed by atoms with E-state index in [0.29, 0.717) is 22.5 Å². The zero-order valence-electron chi connectivity index (χ0n) is 9.69. The van der Waals surface area contributed by atoms with Crippen LogP contribution in [0.2, 0.25) is 5.02 Å². The molecule has 0 amide bonds. The highest BCUT2D eigenvalue weighted by Gasteiger charge is 2.28. The SMILES string of the molecule is CC1SCCSC1C(=O)Cc1ccccc1Cl. The fraction of sp³-hybridized carbons (Fsp3) is 0.462. The standard InChI is InChI=1S/C13H15ClOS2/c1-9-13(17-7-6-16-9)12(15)8-10-4-2-3-5-11(10)14/h2-5,9,13H,6-8H2,1H3. The minimum absolute atomic E-state index is 0.130. The lowest BCUT2D eigenvalue weighted by Gasteiger charge is -2.26. The Hall–Kier alpha value is -0.120. The van der Waals surface area contributed by atoms with Crippen molar-refractivity contribution in [3.63, 3.8) is 0 Å². The number of Topliss-reactive ketones (excluding diaryl/α,β-unsaturated/α-hetero) is 1. The molecule has 1 heterocycles. The van der Waals surface area contributed by atoms with Crippen LogP contribution in [-0.4, -0.2) is 27.8 Å². The van der Waals surface area contributed by atoms with Gasteiger partial charge in [0.2, 0.25) is 0 Å². The first-order chi connectivity index (χ1) is 8.18. The lowest BCUT2D eigenvalue weighted by atomic mass is 10.1. The Balaban J connectivity index is 2.03. The van der Waals surface area contributed by atoms with Gasteiger partial charge in [-0.1, -0.05) is 36.7 Å². The van der Waals surface area contributed by atoms with Gasteiger partial charge in [0.05, 0.1) is 5.25 Å². The zero-order valence-corrected chi connectivity index (χ0v) is 12.1. The predicted octanol–water partition coefficient (Wildman–Crippen LogP) is 3.69. The van der Waals surface area contributed by atoms with Crippen molar-refractivity contribution in [2.24, 2.45) is 0 Å². The lowest BCUT2D eigenvalue weighted by Crippen LogP contribution is -2.32. The number of hydrogen-bond donors (Lipinski definition) is 0. The topological polar surface area (TPSA) is 17.1 Å². The van der Waals surface area contributed by atoms with Gasteiger partial charge >= 0.3 is 0 Å². The molecule has 1 aromatic rings. The van der Waals surface area contributed by atoms with E-state index in [1.54, 1.807) is 11.8 Å². The molecule has 0 spiro atoms. The number of hydrogen-bond acceptors (Lipinski definition) is 3. The van der Waals surface area contributed by atoms with E-state index in [-0.39, 0.29) is 5.25 Å². The molecule has 4 heteroatoms. The Bertz CT molecular complexity index is 408. The van der Waals surface area contributed by atoms with Gasteiger partial charge in [-0.2, -0.15) is 11.8 Å². The van der Waals surface area contributed by atoms with Crippen LogP contribution in [0.3, 0.4) is 0 Å². The van der Waals surface area contributed by atoms with Gasteiger partial charge in [-0.3, -0.25) is 4.79 Å². The predicted molar refractivity (Wildman–Crippen MR) is 78.3 cm³/mol. The second kappa shape index (κ2) is 6.17. The fourth-order valence-corrected chi connectivity index (χ4v) is 4.85. The molecule has 0 saturated carbocycles. The molecule has 0 aliphatic carbocycles. The molecule has 17 heavy (non-hydrogen) atoms. The highest BCUT2D eigenvalue weighted by molar-refractivity contribution is 8.07. The minimum Gasteiger partial charge on any atom is -0.298 e. The monoisotopic (exact) mass is 286 g/mol. The Kier molecular flexibility index (Phi) is 4.83. The van der Waals surface area contributed by atoms with Gasteiger partial charge in [0.25, 0.3) is 0 Å². The van der Waals surface area contributed by atoms with E-state index in [9.17, 15) is 4.79 Å². The maximum absolute atomic E-state index is 12.2. The van der Waals surface area contributed by atoms with Crippen LogP contribution in [0.25, 0.3) is 0 Å². The van der Waals surface area contributed by atoms with E-state index in [1.165, 1.54) is 0 Å². The van der Waals surface area contributed by atoms with Crippen molar-refractivity contribution in [2.75, 3.05) is 11.5 Å². The molecule has 92 valence electrons. The van der Waals surface area contributed by atoms with E-state index in [4.69, 9.17) is 11.6 Å².